The molecule has 180 valence electrons. The number of hydrogen-bond acceptors (Lipinski definition) is 7. The van der Waals surface area contributed by atoms with Crippen LogP contribution in [0, 0.1) is 0 Å². The SMILES string of the molecule is CC(=O)c1ccc(-c2ccc(N3CC(CN=C(C)NNN4CCN(C)CC4)OC3=O)cc2)cc1. The molecule has 2 heterocycles. The van der Waals surface area contributed by atoms with E-state index in [1.54, 1.807) is 11.8 Å². The molecule has 2 aromatic rings. The predicted molar refractivity (Wildman–Crippen MR) is 133 cm³/mol. The number of cyclic esters (lactones) is 1. The fraction of sp³-hybridized carbons (Fsp3) is 0.400. The van der Waals surface area contributed by atoms with Crippen LogP contribution in [0.3, 0.4) is 0 Å². The van der Waals surface area contributed by atoms with Crippen molar-refractivity contribution in [2.45, 2.75) is 20.0 Å². The Kier molecular flexibility index (Phi) is 7.56. The first-order valence-electron chi connectivity index (χ1n) is 11.5. The van der Waals surface area contributed by atoms with Crippen molar-refractivity contribution in [3.05, 3.63) is 54.1 Å². The highest BCUT2D eigenvalue weighted by Crippen LogP contribution is 2.26. The highest BCUT2D eigenvalue weighted by atomic mass is 16.6. The second kappa shape index (κ2) is 10.8. The van der Waals surface area contributed by atoms with E-state index in [9.17, 15) is 9.59 Å². The smallest absolute Gasteiger partial charge is 0.414 e. The number of Topliss-reactive ketones (excluding diaryl/α,β-unsaturated/α-hetero) is 1. The van der Waals surface area contributed by atoms with Gasteiger partial charge in [-0.15, -0.1) is 0 Å². The number of amides is 1. The maximum absolute atomic E-state index is 12.4. The summed E-state index contributed by atoms with van der Waals surface area (Å²) >= 11 is 0. The number of likely N-dealkylation sites (N-methyl/N-ethyl adjacent to an activating group) is 1. The van der Waals surface area contributed by atoms with E-state index in [1.165, 1.54) is 0 Å². The topological polar surface area (TPSA) is 89.5 Å². The van der Waals surface area contributed by atoms with Gasteiger partial charge in [0.05, 0.1) is 13.1 Å². The van der Waals surface area contributed by atoms with E-state index in [0.717, 1.165) is 48.8 Å². The summed E-state index contributed by atoms with van der Waals surface area (Å²) in [5.41, 5.74) is 9.79. The van der Waals surface area contributed by atoms with Gasteiger partial charge in [-0.05, 0) is 44.2 Å². The fourth-order valence-corrected chi connectivity index (χ4v) is 3.92. The molecule has 2 aromatic carbocycles. The lowest BCUT2D eigenvalue weighted by Crippen LogP contribution is -2.56. The van der Waals surface area contributed by atoms with Gasteiger partial charge in [-0.2, -0.15) is 5.53 Å². The molecule has 2 saturated heterocycles. The highest BCUT2D eigenvalue weighted by molar-refractivity contribution is 5.94. The summed E-state index contributed by atoms with van der Waals surface area (Å²) in [6.07, 6.45) is -0.661. The third-order valence-corrected chi connectivity index (χ3v) is 6.11. The molecular weight excluding hydrogens is 432 g/mol. The molecule has 2 aliphatic rings. The van der Waals surface area contributed by atoms with Crippen LogP contribution >= 0.6 is 0 Å². The van der Waals surface area contributed by atoms with Crippen molar-refractivity contribution >= 4 is 23.4 Å². The third-order valence-electron chi connectivity index (χ3n) is 6.11. The number of piperazine rings is 1. The van der Waals surface area contributed by atoms with Gasteiger partial charge in [0.2, 0.25) is 0 Å². The Hall–Kier alpha value is -3.27. The van der Waals surface area contributed by atoms with E-state index in [-0.39, 0.29) is 18.0 Å². The van der Waals surface area contributed by atoms with Crippen LogP contribution < -0.4 is 15.9 Å². The van der Waals surface area contributed by atoms with Crippen molar-refractivity contribution < 1.29 is 14.3 Å². The number of benzene rings is 2. The number of anilines is 1. The van der Waals surface area contributed by atoms with Crippen molar-refractivity contribution in [1.29, 1.82) is 0 Å². The molecule has 1 amide bonds. The number of ether oxygens (including phenoxy) is 1. The first kappa shape index (κ1) is 23.9. The van der Waals surface area contributed by atoms with E-state index in [4.69, 9.17) is 4.74 Å². The minimum Gasteiger partial charge on any atom is -0.442 e. The molecule has 0 aromatic heterocycles. The number of aliphatic imine (C=N–C) groups is 1. The highest BCUT2D eigenvalue weighted by Gasteiger charge is 2.32. The standard InChI is InChI=1S/C25H32N6O3/c1-18(32)20-4-6-21(7-5-20)22-8-10-23(11-9-22)31-17-24(34-25(31)33)16-26-19(2)27-28-30-14-12-29(3)13-15-30/h4-11,24,28H,12-17H2,1-3H3,(H,26,27). The van der Waals surface area contributed by atoms with Gasteiger partial charge in [-0.3, -0.25) is 20.1 Å². The lowest BCUT2D eigenvalue weighted by Gasteiger charge is -2.32. The molecule has 4 rings (SSSR count). The summed E-state index contributed by atoms with van der Waals surface area (Å²) < 4.78 is 5.52. The molecule has 2 aliphatic heterocycles. The van der Waals surface area contributed by atoms with Gasteiger partial charge in [0.1, 0.15) is 11.9 Å². The number of amidine groups is 1. The van der Waals surface area contributed by atoms with E-state index in [2.05, 4.69) is 32.9 Å². The van der Waals surface area contributed by atoms with Crippen molar-refractivity contribution in [2.24, 2.45) is 4.99 Å². The van der Waals surface area contributed by atoms with E-state index >= 15 is 0 Å². The van der Waals surface area contributed by atoms with Gasteiger partial charge < -0.3 is 9.64 Å². The number of ketones is 1. The van der Waals surface area contributed by atoms with E-state index in [1.807, 2.05) is 55.5 Å². The monoisotopic (exact) mass is 464 g/mol. The molecule has 0 saturated carbocycles. The Balaban J connectivity index is 1.29. The van der Waals surface area contributed by atoms with E-state index in [0.29, 0.717) is 18.7 Å². The molecule has 0 radical (unpaired) electrons. The van der Waals surface area contributed by atoms with Crippen molar-refractivity contribution in [3.8, 4) is 11.1 Å². The summed E-state index contributed by atoms with van der Waals surface area (Å²) in [6.45, 7) is 8.21. The number of hydrazine groups is 2. The number of carbonyl (C=O) groups excluding carboxylic acids is 2. The Morgan fingerprint density at radius 3 is 2.24 bits per heavy atom. The van der Waals surface area contributed by atoms with Crippen LogP contribution in [-0.2, 0) is 4.74 Å². The van der Waals surface area contributed by atoms with Gasteiger partial charge in [0, 0.05) is 37.4 Å². The van der Waals surface area contributed by atoms with Crippen molar-refractivity contribution in [2.75, 3.05) is 51.2 Å². The minimum absolute atomic E-state index is 0.0469. The number of nitrogens with one attached hydrogen (secondary N) is 2. The Bertz CT molecular complexity index is 1030. The summed E-state index contributed by atoms with van der Waals surface area (Å²) in [5, 5.41) is 2.12. The zero-order valence-corrected chi connectivity index (χ0v) is 20.0. The zero-order valence-electron chi connectivity index (χ0n) is 20.0. The predicted octanol–water partition coefficient (Wildman–Crippen LogP) is 2.56. The minimum atomic E-state index is -0.361. The van der Waals surface area contributed by atoms with Gasteiger partial charge in [0.15, 0.2) is 5.78 Å². The second-order valence-corrected chi connectivity index (χ2v) is 8.75. The van der Waals surface area contributed by atoms with Crippen LogP contribution in [0.5, 0.6) is 0 Å². The van der Waals surface area contributed by atoms with Gasteiger partial charge in [-0.25, -0.2) is 9.80 Å². The molecule has 2 fully saturated rings. The molecule has 9 nitrogen and oxygen atoms in total. The van der Waals surface area contributed by atoms with Crippen LogP contribution in [0.4, 0.5) is 10.5 Å². The average Bonchev–Trinajstić information content (AvgIpc) is 3.23. The van der Waals surface area contributed by atoms with Crippen molar-refractivity contribution in [3.63, 3.8) is 0 Å². The largest absolute Gasteiger partial charge is 0.442 e. The molecule has 0 bridgehead atoms. The average molecular weight is 465 g/mol. The van der Waals surface area contributed by atoms with Crippen LogP contribution in [0.15, 0.2) is 53.5 Å². The van der Waals surface area contributed by atoms with Gasteiger partial charge >= 0.3 is 6.09 Å². The maximum Gasteiger partial charge on any atom is 0.414 e. The first-order valence-corrected chi connectivity index (χ1v) is 11.5. The van der Waals surface area contributed by atoms with Crippen LogP contribution in [0.1, 0.15) is 24.2 Å². The summed E-state index contributed by atoms with van der Waals surface area (Å²) in [5.74, 6) is 0.791. The lowest BCUT2D eigenvalue weighted by molar-refractivity contribution is 0.0943. The maximum atomic E-state index is 12.4. The van der Waals surface area contributed by atoms with Gasteiger partial charge in [0.25, 0.3) is 0 Å². The zero-order chi connectivity index (χ0) is 24.1. The molecule has 1 unspecified atom stereocenters. The fourth-order valence-electron chi connectivity index (χ4n) is 3.92. The number of carbonyl (C=O) groups is 2. The van der Waals surface area contributed by atoms with Crippen molar-refractivity contribution in [1.82, 2.24) is 20.9 Å². The van der Waals surface area contributed by atoms with Crippen LogP contribution in [-0.4, -0.2) is 80.0 Å². The summed E-state index contributed by atoms with van der Waals surface area (Å²) in [4.78, 5) is 32.3. The summed E-state index contributed by atoms with van der Waals surface area (Å²) in [7, 11) is 2.12. The number of hydrogen-bond donors (Lipinski definition) is 2. The van der Waals surface area contributed by atoms with Crippen LogP contribution in [0.25, 0.3) is 11.1 Å². The van der Waals surface area contributed by atoms with E-state index < -0.39 is 0 Å². The lowest BCUT2D eigenvalue weighted by atomic mass is 10.0. The molecular formula is C25H32N6O3. The number of nitrogens with zero attached hydrogens (tertiary/aromatic N) is 4. The summed E-state index contributed by atoms with van der Waals surface area (Å²) in [6, 6.07) is 15.3. The molecule has 9 heteroatoms. The molecule has 2 N–H and O–H groups in total. The first-order chi connectivity index (χ1) is 16.4. The Morgan fingerprint density at radius 2 is 1.62 bits per heavy atom. The second-order valence-electron chi connectivity index (χ2n) is 8.75. The molecule has 1 atom stereocenters. The Morgan fingerprint density at radius 1 is 1.00 bits per heavy atom. The normalized spacial score (nSPS) is 19.9. The molecule has 0 aliphatic carbocycles. The number of rotatable bonds is 7. The van der Waals surface area contributed by atoms with Gasteiger partial charge in [-0.1, -0.05) is 36.4 Å². The molecule has 0 spiro atoms. The van der Waals surface area contributed by atoms with Crippen LogP contribution in [0.2, 0.25) is 0 Å². The third kappa shape index (κ3) is 5.99. The Labute approximate surface area is 200 Å². The quantitative estimate of drug-likeness (QED) is 0.282. The molecule has 34 heavy (non-hydrogen) atoms.